The minimum Gasteiger partial charge on any atom is -0.370 e. The average Bonchev–Trinajstić information content (AvgIpc) is 3.24. The number of halogens is 3. The van der Waals surface area contributed by atoms with Crippen molar-refractivity contribution in [1.82, 2.24) is 18.9 Å². The van der Waals surface area contributed by atoms with E-state index in [2.05, 4.69) is 42.3 Å². The van der Waals surface area contributed by atoms with Crippen LogP contribution in [0.15, 0.2) is 74.6 Å². The van der Waals surface area contributed by atoms with Gasteiger partial charge in [-0.25, -0.2) is 13.4 Å². The highest BCUT2D eigenvalue weighted by Gasteiger charge is 2.29. The number of piperidine rings is 1. The molecule has 4 aromatic rings. The fraction of sp³-hybridized carbons (Fsp3) is 0.250. The Morgan fingerprint density at radius 3 is 2.49 bits per heavy atom. The predicted molar refractivity (Wildman–Crippen MR) is 145 cm³/mol. The number of hydrogen-bond acceptors (Lipinski definition) is 5. The summed E-state index contributed by atoms with van der Waals surface area (Å²) in [5.41, 5.74) is 2.29. The maximum atomic E-state index is 13.0. The molecule has 0 aliphatic carbocycles. The lowest BCUT2D eigenvalue weighted by Crippen LogP contribution is -2.39. The van der Waals surface area contributed by atoms with E-state index in [0.29, 0.717) is 41.1 Å². The van der Waals surface area contributed by atoms with Gasteiger partial charge in [-0.15, -0.1) is 0 Å². The summed E-state index contributed by atoms with van der Waals surface area (Å²) in [7, 11) is -3.48. The van der Waals surface area contributed by atoms with E-state index in [9.17, 15) is 8.42 Å². The number of sulfonamides is 1. The van der Waals surface area contributed by atoms with Crippen LogP contribution in [0, 0.1) is 5.92 Å². The molecule has 1 N–H and O–H groups in total. The third kappa shape index (κ3) is 5.13. The standard InChI is InChI=1S/C24H22Br2ClN5O2S/c25-17-5-7-18(8-6-17)35(33,34)31-11-9-16(10-12-31)14-28-23-13-22(19-3-1-2-4-21(19)27)30-24-20(26)15-29-32(23)24/h1-8,13,15-16,28H,9-12,14H2. The molecule has 0 unspecified atom stereocenters. The molecule has 0 radical (unpaired) electrons. The summed E-state index contributed by atoms with van der Waals surface area (Å²) >= 11 is 13.3. The van der Waals surface area contributed by atoms with Gasteiger partial charge in [-0.05, 0) is 65.0 Å². The summed E-state index contributed by atoms with van der Waals surface area (Å²) in [6, 6.07) is 16.3. The van der Waals surface area contributed by atoms with Gasteiger partial charge in [0, 0.05) is 40.8 Å². The van der Waals surface area contributed by atoms with E-state index in [-0.39, 0.29) is 0 Å². The smallest absolute Gasteiger partial charge is 0.243 e. The second kappa shape index (κ2) is 10.2. The van der Waals surface area contributed by atoms with Crippen LogP contribution in [0.2, 0.25) is 5.02 Å². The Balaban J connectivity index is 1.30. The van der Waals surface area contributed by atoms with Crippen molar-refractivity contribution in [2.45, 2.75) is 17.7 Å². The number of aromatic nitrogens is 3. The summed E-state index contributed by atoms with van der Waals surface area (Å²) in [6.07, 6.45) is 3.27. The van der Waals surface area contributed by atoms with Crippen molar-refractivity contribution in [2.75, 3.05) is 25.0 Å². The van der Waals surface area contributed by atoms with Gasteiger partial charge in [0.25, 0.3) is 0 Å². The molecule has 0 bridgehead atoms. The fourth-order valence-corrected chi connectivity index (χ4v) is 6.54. The van der Waals surface area contributed by atoms with E-state index in [4.69, 9.17) is 16.6 Å². The molecule has 7 nitrogen and oxygen atoms in total. The molecule has 0 amide bonds. The molecule has 0 saturated carbocycles. The number of hydrogen-bond donors (Lipinski definition) is 1. The number of fused-ring (bicyclic) bond motifs is 1. The molecule has 1 aliphatic heterocycles. The number of anilines is 1. The van der Waals surface area contributed by atoms with E-state index in [1.54, 1.807) is 39.3 Å². The van der Waals surface area contributed by atoms with E-state index in [0.717, 1.165) is 38.9 Å². The lowest BCUT2D eigenvalue weighted by atomic mass is 9.98. The third-order valence-corrected chi connectivity index (χ3v) is 9.51. The van der Waals surface area contributed by atoms with Crippen LogP contribution in [0.1, 0.15) is 12.8 Å². The van der Waals surface area contributed by atoms with Crippen LogP contribution in [0.4, 0.5) is 5.82 Å². The van der Waals surface area contributed by atoms with Gasteiger partial charge in [-0.2, -0.15) is 13.9 Å². The van der Waals surface area contributed by atoms with Gasteiger partial charge in [0.05, 0.1) is 21.3 Å². The second-order valence-electron chi connectivity index (χ2n) is 8.42. The monoisotopic (exact) mass is 637 g/mol. The Hall–Kier alpha value is -1.98. The quantitative estimate of drug-likeness (QED) is 0.277. The van der Waals surface area contributed by atoms with Gasteiger partial charge in [0.1, 0.15) is 5.82 Å². The Morgan fingerprint density at radius 1 is 1.06 bits per heavy atom. The first-order valence-corrected chi connectivity index (χ1v) is 14.5. The van der Waals surface area contributed by atoms with Crippen molar-refractivity contribution >= 4 is 64.9 Å². The van der Waals surface area contributed by atoms with E-state index < -0.39 is 10.0 Å². The Labute approximate surface area is 225 Å². The molecule has 11 heteroatoms. The summed E-state index contributed by atoms with van der Waals surface area (Å²) < 4.78 is 31.0. The second-order valence-corrected chi connectivity index (χ2v) is 12.5. The van der Waals surface area contributed by atoms with Gasteiger partial charge < -0.3 is 5.32 Å². The molecule has 1 saturated heterocycles. The van der Waals surface area contributed by atoms with Crippen LogP contribution in [0.25, 0.3) is 16.9 Å². The molecular weight excluding hydrogens is 618 g/mol. The summed E-state index contributed by atoms with van der Waals surface area (Å²) in [5.74, 6) is 1.14. The largest absolute Gasteiger partial charge is 0.370 e. The van der Waals surface area contributed by atoms with Gasteiger partial charge in [-0.1, -0.05) is 45.7 Å². The van der Waals surface area contributed by atoms with E-state index in [1.165, 1.54) is 0 Å². The summed E-state index contributed by atoms with van der Waals surface area (Å²) in [4.78, 5) is 5.07. The predicted octanol–water partition coefficient (Wildman–Crippen LogP) is 6.09. The molecule has 1 fully saturated rings. The normalized spacial score (nSPS) is 15.5. The molecule has 35 heavy (non-hydrogen) atoms. The number of nitrogens with zero attached hydrogens (tertiary/aromatic N) is 4. The lowest BCUT2D eigenvalue weighted by Gasteiger charge is -2.31. The number of nitrogens with one attached hydrogen (secondary N) is 1. The first kappa shape index (κ1) is 24.7. The molecule has 0 spiro atoms. The highest BCUT2D eigenvalue weighted by molar-refractivity contribution is 9.11. The Bertz CT molecular complexity index is 1470. The fourth-order valence-electron chi connectivity index (χ4n) is 4.23. The molecular formula is C24H22Br2ClN5O2S. The maximum Gasteiger partial charge on any atom is 0.243 e. The van der Waals surface area contributed by atoms with Crippen molar-refractivity contribution in [3.8, 4) is 11.3 Å². The minimum absolute atomic E-state index is 0.327. The zero-order valence-corrected chi connectivity index (χ0v) is 23.3. The molecule has 2 aromatic carbocycles. The summed E-state index contributed by atoms with van der Waals surface area (Å²) in [6.45, 7) is 1.69. The van der Waals surface area contributed by atoms with Crippen molar-refractivity contribution in [1.29, 1.82) is 0 Å². The maximum absolute atomic E-state index is 13.0. The number of rotatable bonds is 6. The highest BCUT2D eigenvalue weighted by Crippen LogP contribution is 2.31. The average molecular weight is 640 g/mol. The molecule has 182 valence electrons. The van der Waals surface area contributed by atoms with Crippen molar-refractivity contribution in [3.05, 3.63) is 74.8 Å². The van der Waals surface area contributed by atoms with Crippen molar-refractivity contribution in [3.63, 3.8) is 0 Å². The van der Waals surface area contributed by atoms with Gasteiger partial charge in [0.15, 0.2) is 5.65 Å². The Kier molecular flexibility index (Phi) is 7.18. The minimum atomic E-state index is -3.48. The first-order valence-electron chi connectivity index (χ1n) is 11.1. The van der Waals surface area contributed by atoms with Crippen LogP contribution in [0.3, 0.4) is 0 Å². The van der Waals surface area contributed by atoms with Crippen LogP contribution in [-0.4, -0.2) is 47.0 Å². The SMILES string of the molecule is O=S(=O)(c1ccc(Br)cc1)N1CCC(CNc2cc(-c3ccccc3Cl)nc3c(Br)cnn23)CC1. The Morgan fingerprint density at radius 2 is 1.77 bits per heavy atom. The first-order chi connectivity index (χ1) is 16.8. The zero-order chi connectivity index (χ0) is 24.6. The topological polar surface area (TPSA) is 79.6 Å². The van der Waals surface area contributed by atoms with Gasteiger partial charge >= 0.3 is 0 Å². The van der Waals surface area contributed by atoms with E-state index in [1.807, 2.05) is 30.3 Å². The zero-order valence-electron chi connectivity index (χ0n) is 18.5. The molecule has 2 aromatic heterocycles. The van der Waals surface area contributed by atoms with Gasteiger partial charge in [0.2, 0.25) is 10.0 Å². The summed E-state index contributed by atoms with van der Waals surface area (Å²) in [5, 5.41) is 8.59. The lowest BCUT2D eigenvalue weighted by molar-refractivity contribution is 0.282. The van der Waals surface area contributed by atoms with Crippen molar-refractivity contribution in [2.24, 2.45) is 5.92 Å². The molecule has 0 atom stereocenters. The number of benzene rings is 2. The highest BCUT2D eigenvalue weighted by atomic mass is 79.9. The van der Waals surface area contributed by atoms with Crippen LogP contribution >= 0.6 is 43.5 Å². The van der Waals surface area contributed by atoms with E-state index >= 15 is 0 Å². The van der Waals surface area contributed by atoms with Crippen molar-refractivity contribution < 1.29 is 8.42 Å². The molecule has 5 rings (SSSR count). The van der Waals surface area contributed by atoms with Crippen LogP contribution in [0.5, 0.6) is 0 Å². The molecule has 1 aliphatic rings. The third-order valence-electron chi connectivity index (χ3n) is 6.18. The van der Waals surface area contributed by atoms with Gasteiger partial charge in [-0.3, -0.25) is 0 Å². The van der Waals surface area contributed by atoms with Crippen LogP contribution < -0.4 is 5.32 Å². The van der Waals surface area contributed by atoms with Crippen LogP contribution in [-0.2, 0) is 10.0 Å². The molecule has 3 heterocycles.